The summed E-state index contributed by atoms with van der Waals surface area (Å²) in [6.07, 6.45) is 0.387. The lowest BCUT2D eigenvalue weighted by atomic mass is 10.2. The minimum atomic E-state index is 0.0398. The number of hydrogen-bond donors (Lipinski definition) is 1. The smallest absolute Gasteiger partial charge is 0.225 e. The number of benzene rings is 1. The molecule has 5 heteroatoms. The first-order valence-electron chi connectivity index (χ1n) is 6.89. The topological polar surface area (TPSA) is 51.2 Å². The Kier molecular flexibility index (Phi) is 4.96. The van der Waals surface area contributed by atoms with Gasteiger partial charge in [-0.3, -0.25) is 4.79 Å². The highest BCUT2D eigenvalue weighted by molar-refractivity contribution is 7.15. The molecule has 0 spiro atoms. The quantitative estimate of drug-likeness (QED) is 0.923. The second-order valence-electron chi connectivity index (χ2n) is 5.16. The van der Waals surface area contributed by atoms with Gasteiger partial charge in [-0.15, -0.1) is 11.3 Å². The first-order valence-corrected chi connectivity index (χ1v) is 7.71. The number of carbonyl (C=O) groups is 1. The van der Waals surface area contributed by atoms with Crippen molar-refractivity contribution in [1.82, 2.24) is 10.3 Å². The summed E-state index contributed by atoms with van der Waals surface area (Å²) < 4.78 is 5.15. The van der Waals surface area contributed by atoms with E-state index in [2.05, 4.69) is 10.3 Å². The third-order valence-electron chi connectivity index (χ3n) is 3.00. The van der Waals surface area contributed by atoms with Crippen LogP contribution in [0.4, 0.5) is 0 Å². The summed E-state index contributed by atoms with van der Waals surface area (Å²) in [5, 5.41) is 3.84. The molecule has 0 atom stereocenters. The van der Waals surface area contributed by atoms with Crippen LogP contribution in [0.15, 0.2) is 24.3 Å². The standard InChI is InChI=1S/C16H20N2O2S/c1-10(2)17-15(19)9-14-11(3)18-16(21-14)12-5-7-13(20-4)8-6-12/h5-8,10H,9H2,1-4H3,(H,17,19). The molecule has 0 fully saturated rings. The average molecular weight is 304 g/mol. The highest BCUT2D eigenvalue weighted by Crippen LogP contribution is 2.29. The molecule has 0 saturated carbocycles. The Balaban J connectivity index is 2.16. The van der Waals surface area contributed by atoms with Gasteiger partial charge >= 0.3 is 0 Å². The van der Waals surface area contributed by atoms with Crippen LogP contribution in [0.1, 0.15) is 24.4 Å². The van der Waals surface area contributed by atoms with Crippen LogP contribution in [0.2, 0.25) is 0 Å². The molecule has 1 amide bonds. The zero-order chi connectivity index (χ0) is 15.4. The fourth-order valence-electron chi connectivity index (χ4n) is 1.97. The van der Waals surface area contributed by atoms with Gasteiger partial charge in [0.05, 0.1) is 19.2 Å². The van der Waals surface area contributed by atoms with Crippen molar-refractivity contribution < 1.29 is 9.53 Å². The Morgan fingerprint density at radius 1 is 1.33 bits per heavy atom. The van der Waals surface area contributed by atoms with E-state index < -0.39 is 0 Å². The maximum Gasteiger partial charge on any atom is 0.225 e. The summed E-state index contributed by atoms with van der Waals surface area (Å²) in [7, 11) is 1.65. The molecular formula is C16H20N2O2S. The molecule has 0 saturated heterocycles. The fourth-order valence-corrected chi connectivity index (χ4v) is 3.03. The van der Waals surface area contributed by atoms with Crippen molar-refractivity contribution in [3.05, 3.63) is 34.8 Å². The van der Waals surface area contributed by atoms with Gasteiger partial charge in [0.2, 0.25) is 5.91 Å². The Labute approximate surface area is 129 Å². The summed E-state index contributed by atoms with van der Waals surface area (Å²) in [6, 6.07) is 7.95. The van der Waals surface area contributed by atoms with Crippen LogP contribution in [-0.2, 0) is 11.2 Å². The van der Waals surface area contributed by atoms with Gasteiger partial charge in [-0.2, -0.15) is 0 Å². The van der Waals surface area contributed by atoms with Gasteiger partial charge in [-0.05, 0) is 45.0 Å². The zero-order valence-electron chi connectivity index (χ0n) is 12.8. The maximum absolute atomic E-state index is 11.9. The number of amides is 1. The average Bonchev–Trinajstić information content (AvgIpc) is 2.79. The predicted octanol–water partition coefficient (Wildman–Crippen LogP) is 3.19. The van der Waals surface area contributed by atoms with Gasteiger partial charge in [-0.1, -0.05) is 0 Å². The van der Waals surface area contributed by atoms with Crippen molar-refractivity contribution in [2.45, 2.75) is 33.2 Å². The van der Waals surface area contributed by atoms with E-state index in [4.69, 9.17) is 4.74 Å². The van der Waals surface area contributed by atoms with E-state index in [0.717, 1.165) is 26.9 Å². The predicted molar refractivity (Wildman–Crippen MR) is 85.8 cm³/mol. The van der Waals surface area contributed by atoms with Crippen molar-refractivity contribution in [3.8, 4) is 16.3 Å². The van der Waals surface area contributed by atoms with Crippen LogP contribution in [0.25, 0.3) is 10.6 Å². The summed E-state index contributed by atoms with van der Waals surface area (Å²) in [6.45, 7) is 5.86. The van der Waals surface area contributed by atoms with Gasteiger partial charge in [0.15, 0.2) is 0 Å². The lowest BCUT2D eigenvalue weighted by Crippen LogP contribution is -2.31. The molecule has 2 aromatic rings. The van der Waals surface area contributed by atoms with E-state index in [9.17, 15) is 4.79 Å². The molecule has 0 aliphatic carbocycles. The third-order valence-corrected chi connectivity index (χ3v) is 4.21. The van der Waals surface area contributed by atoms with Crippen LogP contribution in [0, 0.1) is 6.92 Å². The number of methoxy groups -OCH3 is 1. The minimum absolute atomic E-state index is 0.0398. The van der Waals surface area contributed by atoms with Crippen LogP contribution in [-0.4, -0.2) is 24.0 Å². The van der Waals surface area contributed by atoms with Crippen molar-refractivity contribution in [2.24, 2.45) is 0 Å². The molecule has 0 aliphatic rings. The largest absolute Gasteiger partial charge is 0.497 e. The monoisotopic (exact) mass is 304 g/mol. The summed E-state index contributed by atoms with van der Waals surface area (Å²) in [5.41, 5.74) is 1.96. The zero-order valence-corrected chi connectivity index (χ0v) is 13.6. The lowest BCUT2D eigenvalue weighted by Gasteiger charge is -2.07. The number of carbonyl (C=O) groups excluding carboxylic acids is 1. The van der Waals surface area contributed by atoms with E-state index in [1.54, 1.807) is 18.4 Å². The van der Waals surface area contributed by atoms with Crippen molar-refractivity contribution in [2.75, 3.05) is 7.11 Å². The summed E-state index contributed by atoms with van der Waals surface area (Å²) in [4.78, 5) is 17.4. The van der Waals surface area contributed by atoms with Gasteiger partial charge in [-0.25, -0.2) is 4.98 Å². The number of hydrogen-bond acceptors (Lipinski definition) is 4. The number of nitrogens with zero attached hydrogens (tertiary/aromatic N) is 1. The van der Waals surface area contributed by atoms with Crippen LogP contribution in [0.3, 0.4) is 0 Å². The molecule has 0 unspecified atom stereocenters. The van der Waals surface area contributed by atoms with Crippen molar-refractivity contribution in [3.63, 3.8) is 0 Å². The molecule has 21 heavy (non-hydrogen) atoms. The Bertz CT molecular complexity index is 618. The normalized spacial score (nSPS) is 10.7. The Hall–Kier alpha value is -1.88. The number of aromatic nitrogens is 1. The SMILES string of the molecule is COc1ccc(-c2nc(C)c(CC(=O)NC(C)C)s2)cc1. The molecule has 1 heterocycles. The molecule has 1 aromatic carbocycles. The molecular weight excluding hydrogens is 284 g/mol. The fraction of sp³-hybridized carbons (Fsp3) is 0.375. The van der Waals surface area contributed by atoms with Crippen molar-refractivity contribution >= 4 is 17.2 Å². The number of aryl methyl sites for hydroxylation is 1. The van der Waals surface area contributed by atoms with Gasteiger partial charge in [0.25, 0.3) is 0 Å². The molecule has 0 aliphatic heterocycles. The molecule has 1 N–H and O–H groups in total. The van der Waals surface area contributed by atoms with Crippen LogP contribution < -0.4 is 10.1 Å². The maximum atomic E-state index is 11.9. The minimum Gasteiger partial charge on any atom is -0.497 e. The van der Waals surface area contributed by atoms with E-state index in [0.29, 0.717) is 6.42 Å². The first-order chi connectivity index (χ1) is 9.99. The van der Waals surface area contributed by atoms with Gasteiger partial charge in [0.1, 0.15) is 10.8 Å². The third kappa shape index (κ3) is 4.04. The van der Waals surface area contributed by atoms with E-state index in [1.165, 1.54) is 0 Å². The highest BCUT2D eigenvalue weighted by atomic mass is 32.1. The van der Waals surface area contributed by atoms with E-state index in [-0.39, 0.29) is 11.9 Å². The van der Waals surface area contributed by atoms with Crippen LogP contribution in [0.5, 0.6) is 5.75 Å². The number of ether oxygens (including phenoxy) is 1. The second-order valence-corrected chi connectivity index (χ2v) is 6.24. The summed E-state index contributed by atoms with van der Waals surface area (Å²) in [5.74, 6) is 0.863. The Morgan fingerprint density at radius 3 is 2.57 bits per heavy atom. The Morgan fingerprint density at radius 2 is 2.00 bits per heavy atom. The molecule has 4 nitrogen and oxygen atoms in total. The highest BCUT2D eigenvalue weighted by Gasteiger charge is 2.13. The van der Waals surface area contributed by atoms with Gasteiger partial charge < -0.3 is 10.1 Å². The van der Waals surface area contributed by atoms with Crippen molar-refractivity contribution in [1.29, 1.82) is 0 Å². The van der Waals surface area contributed by atoms with E-state index in [1.807, 2.05) is 45.0 Å². The molecule has 1 aromatic heterocycles. The molecule has 0 radical (unpaired) electrons. The number of nitrogens with one attached hydrogen (secondary N) is 1. The second kappa shape index (κ2) is 6.72. The van der Waals surface area contributed by atoms with Crippen LogP contribution >= 0.6 is 11.3 Å². The molecule has 0 bridgehead atoms. The molecule has 112 valence electrons. The van der Waals surface area contributed by atoms with Gasteiger partial charge in [0, 0.05) is 16.5 Å². The lowest BCUT2D eigenvalue weighted by molar-refractivity contribution is -0.120. The summed E-state index contributed by atoms with van der Waals surface area (Å²) >= 11 is 1.57. The first kappa shape index (κ1) is 15.5. The number of thiazole rings is 1. The van der Waals surface area contributed by atoms with E-state index >= 15 is 0 Å². The molecule has 2 rings (SSSR count). The number of rotatable bonds is 5.